The van der Waals surface area contributed by atoms with E-state index in [0.29, 0.717) is 44.1 Å². The molecule has 0 radical (unpaired) electrons. The summed E-state index contributed by atoms with van der Waals surface area (Å²) in [5.41, 5.74) is 2.66. The van der Waals surface area contributed by atoms with Gasteiger partial charge in [0.15, 0.2) is 4.80 Å². The Hall–Kier alpha value is -4.83. The molecule has 208 valence electrons. The van der Waals surface area contributed by atoms with Crippen LogP contribution in [0.15, 0.2) is 93.9 Å². The van der Waals surface area contributed by atoms with E-state index in [0.717, 1.165) is 5.56 Å². The number of aryl methyl sites for hydroxylation is 1. The van der Waals surface area contributed by atoms with Gasteiger partial charge in [0, 0.05) is 17.2 Å². The fourth-order valence-corrected chi connectivity index (χ4v) is 5.75. The molecule has 0 bridgehead atoms. The Kier molecular flexibility index (Phi) is 7.93. The molecule has 41 heavy (non-hydrogen) atoms. The van der Waals surface area contributed by atoms with Gasteiger partial charge in [0.25, 0.3) is 11.2 Å². The SMILES string of the molecule is CCOC(=O)C1=C(C)N=c2s/c(=C/c3ccccc3OCc3ccccc3)c(=O)n2[C@@H]1c1ccc(C)c([N+](=O)[O-])c1. The maximum atomic E-state index is 13.9. The fourth-order valence-electron chi connectivity index (χ4n) is 4.71. The highest BCUT2D eigenvalue weighted by molar-refractivity contribution is 7.07. The average molecular weight is 570 g/mol. The Morgan fingerprint density at radius 3 is 2.56 bits per heavy atom. The largest absolute Gasteiger partial charge is 0.488 e. The number of aromatic nitrogens is 1. The van der Waals surface area contributed by atoms with E-state index in [-0.39, 0.29) is 23.4 Å². The van der Waals surface area contributed by atoms with Gasteiger partial charge in [0.05, 0.1) is 33.4 Å². The Bertz CT molecular complexity index is 1860. The van der Waals surface area contributed by atoms with Crippen LogP contribution in [0.25, 0.3) is 6.08 Å². The van der Waals surface area contributed by atoms with Gasteiger partial charge in [-0.1, -0.05) is 72.0 Å². The minimum absolute atomic E-state index is 0.105. The first-order valence-electron chi connectivity index (χ1n) is 13.0. The summed E-state index contributed by atoms with van der Waals surface area (Å²) >= 11 is 1.18. The van der Waals surface area contributed by atoms with Crippen molar-refractivity contribution in [1.29, 1.82) is 0 Å². The van der Waals surface area contributed by atoms with Crippen LogP contribution in [0.5, 0.6) is 5.75 Å². The number of para-hydroxylation sites is 1. The minimum Gasteiger partial charge on any atom is -0.488 e. The molecular weight excluding hydrogens is 542 g/mol. The third-order valence-electron chi connectivity index (χ3n) is 6.71. The van der Waals surface area contributed by atoms with Crippen LogP contribution < -0.4 is 19.6 Å². The van der Waals surface area contributed by atoms with E-state index in [1.54, 1.807) is 39.0 Å². The molecule has 1 aliphatic rings. The Balaban J connectivity index is 1.64. The summed E-state index contributed by atoms with van der Waals surface area (Å²) in [6, 6.07) is 20.9. The zero-order valence-electron chi connectivity index (χ0n) is 22.7. The van der Waals surface area contributed by atoms with E-state index in [1.807, 2.05) is 54.6 Å². The summed E-state index contributed by atoms with van der Waals surface area (Å²) in [5, 5.41) is 11.7. The van der Waals surface area contributed by atoms with Gasteiger partial charge < -0.3 is 9.47 Å². The second-order valence-electron chi connectivity index (χ2n) is 9.42. The number of benzene rings is 3. The molecule has 0 spiro atoms. The quantitative estimate of drug-likeness (QED) is 0.174. The lowest BCUT2D eigenvalue weighted by Crippen LogP contribution is -2.40. The van der Waals surface area contributed by atoms with Crippen molar-refractivity contribution >= 4 is 29.1 Å². The summed E-state index contributed by atoms with van der Waals surface area (Å²) in [4.78, 5) is 43.3. The number of fused-ring (bicyclic) bond motifs is 1. The van der Waals surface area contributed by atoms with Crippen molar-refractivity contribution in [2.75, 3.05) is 6.61 Å². The molecule has 0 fully saturated rings. The maximum absolute atomic E-state index is 13.9. The smallest absolute Gasteiger partial charge is 0.338 e. The predicted molar refractivity (Wildman–Crippen MR) is 155 cm³/mol. The van der Waals surface area contributed by atoms with Crippen molar-refractivity contribution in [1.82, 2.24) is 4.57 Å². The van der Waals surface area contributed by atoms with Crippen LogP contribution in [-0.4, -0.2) is 22.1 Å². The number of esters is 1. The number of hydrogen-bond donors (Lipinski definition) is 0. The minimum atomic E-state index is -0.948. The van der Waals surface area contributed by atoms with Gasteiger partial charge in [0.2, 0.25) is 0 Å². The molecule has 0 amide bonds. The topological polar surface area (TPSA) is 113 Å². The van der Waals surface area contributed by atoms with Crippen LogP contribution in [0.4, 0.5) is 5.69 Å². The summed E-state index contributed by atoms with van der Waals surface area (Å²) in [5.74, 6) is -0.0211. The molecule has 4 aromatic rings. The number of carbonyl (C=O) groups is 1. The second kappa shape index (κ2) is 11.7. The molecule has 1 atom stereocenters. The van der Waals surface area contributed by atoms with Crippen LogP contribution in [0, 0.1) is 17.0 Å². The van der Waals surface area contributed by atoms with Crippen molar-refractivity contribution in [3.63, 3.8) is 0 Å². The van der Waals surface area contributed by atoms with Gasteiger partial charge in [-0.2, -0.15) is 0 Å². The van der Waals surface area contributed by atoms with Crippen molar-refractivity contribution < 1.29 is 19.2 Å². The van der Waals surface area contributed by atoms with E-state index in [2.05, 4.69) is 4.99 Å². The molecule has 0 unspecified atom stereocenters. The predicted octanol–water partition coefficient (Wildman–Crippen LogP) is 4.59. The highest BCUT2D eigenvalue weighted by Crippen LogP contribution is 2.33. The molecule has 5 rings (SSSR count). The molecule has 3 aromatic carbocycles. The van der Waals surface area contributed by atoms with Crippen molar-refractivity contribution in [3.8, 4) is 5.75 Å². The summed E-state index contributed by atoms with van der Waals surface area (Å²) in [7, 11) is 0. The first-order chi connectivity index (χ1) is 19.8. The maximum Gasteiger partial charge on any atom is 0.338 e. The number of hydrogen-bond acceptors (Lipinski definition) is 8. The van der Waals surface area contributed by atoms with Crippen molar-refractivity contribution in [3.05, 3.63) is 136 Å². The molecule has 9 nitrogen and oxygen atoms in total. The van der Waals surface area contributed by atoms with E-state index in [9.17, 15) is 19.7 Å². The highest BCUT2D eigenvalue weighted by atomic mass is 32.1. The zero-order valence-corrected chi connectivity index (χ0v) is 23.5. The number of ether oxygens (including phenoxy) is 2. The normalized spacial score (nSPS) is 14.8. The Labute approximate surface area is 239 Å². The molecule has 2 heterocycles. The molecule has 0 saturated carbocycles. The van der Waals surface area contributed by atoms with Crippen LogP contribution in [-0.2, 0) is 16.1 Å². The fraction of sp³-hybridized carbons (Fsp3) is 0.194. The summed E-state index contributed by atoms with van der Waals surface area (Å²) in [6.45, 7) is 5.48. The van der Waals surface area contributed by atoms with Gasteiger partial charge in [-0.15, -0.1) is 0 Å². The van der Waals surface area contributed by atoms with Crippen LogP contribution >= 0.6 is 11.3 Å². The zero-order chi connectivity index (χ0) is 29.1. The van der Waals surface area contributed by atoms with Gasteiger partial charge in [0.1, 0.15) is 12.4 Å². The van der Waals surface area contributed by atoms with Crippen LogP contribution in [0.1, 0.15) is 42.1 Å². The molecule has 1 aromatic heterocycles. The lowest BCUT2D eigenvalue weighted by Gasteiger charge is -2.24. The highest BCUT2D eigenvalue weighted by Gasteiger charge is 2.34. The van der Waals surface area contributed by atoms with Gasteiger partial charge in [-0.05, 0) is 44.0 Å². The van der Waals surface area contributed by atoms with E-state index >= 15 is 0 Å². The number of carbonyl (C=O) groups excluding carboxylic acids is 1. The number of rotatable bonds is 8. The lowest BCUT2D eigenvalue weighted by atomic mass is 9.94. The monoisotopic (exact) mass is 569 g/mol. The lowest BCUT2D eigenvalue weighted by molar-refractivity contribution is -0.385. The Morgan fingerprint density at radius 1 is 1.10 bits per heavy atom. The third kappa shape index (κ3) is 5.59. The molecular formula is C31H27N3O6S. The molecule has 1 aliphatic heterocycles. The number of nitro groups is 1. The summed E-state index contributed by atoms with van der Waals surface area (Å²) in [6.07, 6.45) is 1.74. The van der Waals surface area contributed by atoms with Crippen molar-refractivity contribution in [2.45, 2.75) is 33.4 Å². The molecule has 10 heteroatoms. The first-order valence-corrected chi connectivity index (χ1v) is 13.8. The average Bonchev–Trinajstić information content (AvgIpc) is 3.26. The van der Waals surface area contributed by atoms with Gasteiger partial charge >= 0.3 is 5.97 Å². The molecule has 0 saturated heterocycles. The van der Waals surface area contributed by atoms with Crippen LogP contribution in [0.2, 0.25) is 0 Å². The number of thiazole rings is 1. The Morgan fingerprint density at radius 2 is 1.83 bits per heavy atom. The van der Waals surface area contributed by atoms with Gasteiger partial charge in [-0.3, -0.25) is 19.5 Å². The van der Waals surface area contributed by atoms with Crippen molar-refractivity contribution in [2.24, 2.45) is 4.99 Å². The third-order valence-corrected chi connectivity index (χ3v) is 7.69. The van der Waals surface area contributed by atoms with E-state index in [4.69, 9.17) is 9.47 Å². The second-order valence-corrected chi connectivity index (χ2v) is 10.4. The van der Waals surface area contributed by atoms with E-state index in [1.165, 1.54) is 22.0 Å². The number of nitro benzene ring substituents is 1. The number of allylic oxidation sites excluding steroid dienone is 1. The van der Waals surface area contributed by atoms with Gasteiger partial charge in [-0.25, -0.2) is 9.79 Å². The van der Waals surface area contributed by atoms with E-state index < -0.39 is 16.9 Å². The standard InChI is InChI=1S/C31H27N3O6S/c1-4-39-30(36)27-20(3)32-31-33(28(27)23-15-14-19(2)24(16-23)34(37)38)29(35)26(41-31)17-22-12-8-9-13-25(22)40-18-21-10-6-5-7-11-21/h5-17,28H,4,18H2,1-3H3/b26-17+/t28-/m1/s1. The summed E-state index contributed by atoms with van der Waals surface area (Å²) < 4.78 is 13.2. The number of nitrogens with zero attached hydrogens (tertiary/aromatic N) is 3. The molecule has 0 aliphatic carbocycles. The first kappa shape index (κ1) is 27.7. The van der Waals surface area contributed by atoms with Crippen LogP contribution in [0.3, 0.4) is 0 Å². The molecule has 0 N–H and O–H groups in total.